The third-order valence-corrected chi connectivity index (χ3v) is 9.83. The van der Waals surface area contributed by atoms with Crippen LogP contribution >= 0.6 is 0 Å². The molecule has 3 aliphatic rings. The summed E-state index contributed by atoms with van der Waals surface area (Å²) in [6.45, 7) is 13.2. The number of carbonyl (C=O) groups excluding carboxylic acids is 2. The molecule has 1 saturated heterocycles. The van der Waals surface area contributed by atoms with E-state index in [1.54, 1.807) is 20.8 Å². The molecule has 0 unspecified atom stereocenters. The summed E-state index contributed by atoms with van der Waals surface area (Å²) in [4.78, 5) is 36.0. The molecular weight excluding hydrogens is 656 g/mol. The maximum absolute atomic E-state index is 14.1. The van der Waals surface area contributed by atoms with Crippen molar-refractivity contribution in [3.05, 3.63) is 70.8 Å². The number of hydrogen-bond donors (Lipinski definition) is 1. The van der Waals surface area contributed by atoms with E-state index in [0.29, 0.717) is 17.5 Å². The molecule has 1 aliphatic heterocycles. The topological polar surface area (TPSA) is 128 Å². The number of anilines is 3. The van der Waals surface area contributed by atoms with E-state index in [2.05, 4.69) is 44.7 Å². The van der Waals surface area contributed by atoms with Crippen LogP contribution < -0.4 is 10.2 Å². The van der Waals surface area contributed by atoms with Crippen LogP contribution in [0.4, 0.5) is 27.2 Å². The molecule has 7 rings (SSSR count). The van der Waals surface area contributed by atoms with Crippen LogP contribution in [-0.2, 0) is 35.2 Å². The first-order valence-electron chi connectivity index (χ1n) is 18.6. The van der Waals surface area contributed by atoms with Crippen molar-refractivity contribution >= 4 is 29.8 Å². The zero-order valence-corrected chi connectivity index (χ0v) is 31.2. The maximum Gasteiger partial charge on any atom is 0.421 e. The van der Waals surface area contributed by atoms with Gasteiger partial charge in [0.25, 0.3) is 5.95 Å². The van der Waals surface area contributed by atoms with Crippen molar-refractivity contribution in [2.75, 3.05) is 23.3 Å². The lowest BCUT2D eigenvalue weighted by Crippen LogP contribution is -2.34. The number of aromatic nitrogens is 5. The molecule has 1 fully saturated rings. The van der Waals surface area contributed by atoms with E-state index in [9.17, 15) is 9.59 Å². The summed E-state index contributed by atoms with van der Waals surface area (Å²) < 4.78 is 12.9. The average Bonchev–Trinajstić information content (AvgIpc) is 3.65. The van der Waals surface area contributed by atoms with Gasteiger partial charge >= 0.3 is 12.2 Å². The van der Waals surface area contributed by atoms with Crippen LogP contribution in [0.25, 0.3) is 17.1 Å². The number of benzene rings is 2. The molecule has 12 heteroatoms. The molecule has 0 bridgehead atoms. The predicted octanol–water partition coefficient (Wildman–Crippen LogP) is 7.98. The van der Waals surface area contributed by atoms with Gasteiger partial charge in [0.15, 0.2) is 5.82 Å². The van der Waals surface area contributed by atoms with Crippen molar-refractivity contribution in [2.24, 2.45) is 0 Å². The SMILES string of the molecule is CC(C)(C)OC(=O)Nc1nc(N(C(=O)OC(C)(C)C)c2ccc3c(c2)CC[C@@H](N2CCCC2)CC3)nn1-c1cc2c(nn1)-c1ccccc1CCC2. The molecule has 3 heterocycles. The van der Waals surface area contributed by atoms with E-state index in [1.807, 2.05) is 45.0 Å². The molecule has 0 spiro atoms. The normalized spacial score (nSPS) is 17.6. The highest BCUT2D eigenvalue weighted by atomic mass is 16.6. The summed E-state index contributed by atoms with van der Waals surface area (Å²) in [6.07, 6.45) is 7.96. The molecular formula is C40H50N8O4. The number of nitrogens with one attached hydrogen (secondary N) is 1. The molecule has 1 N–H and O–H groups in total. The van der Waals surface area contributed by atoms with Gasteiger partial charge in [-0.15, -0.1) is 15.3 Å². The monoisotopic (exact) mass is 706 g/mol. The third-order valence-electron chi connectivity index (χ3n) is 9.83. The van der Waals surface area contributed by atoms with Crippen LogP contribution in [0.3, 0.4) is 0 Å². The van der Waals surface area contributed by atoms with Crippen LogP contribution in [0.1, 0.15) is 95.9 Å². The zero-order chi connectivity index (χ0) is 36.6. The number of likely N-dealkylation sites (tertiary alicyclic amines) is 1. The maximum atomic E-state index is 14.1. The molecule has 2 amide bonds. The van der Waals surface area contributed by atoms with Crippen LogP contribution in [0.2, 0.25) is 0 Å². The Hall–Kier alpha value is -4.84. The number of rotatable bonds is 5. The van der Waals surface area contributed by atoms with Gasteiger partial charge in [-0.1, -0.05) is 30.3 Å². The Morgan fingerprint density at radius 3 is 2.25 bits per heavy atom. The summed E-state index contributed by atoms with van der Waals surface area (Å²) >= 11 is 0. The standard InChI is InChI=1S/C40H50N8O4/c1-39(2,3)51-37(49)42-35-41-36(45-48(35)33-25-29-14-11-13-27-12-7-8-15-32(27)34(29)44-43-33)47(38(50)52-40(4,5)6)31-21-17-26-16-19-30(20-18-28(26)24-31)46-22-9-10-23-46/h7-8,12,15,17,21,24-25,30H,9-11,13-14,16,18-20,22-23H2,1-6H3,(H,41,42,45,49)/t30-/m0/s1. The summed E-state index contributed by atoms with van der Waals surface area (Å²) in [5.41, 5.74) is 5.67. The van der Waals surface area contributed by atoms with Gasteiger partial charge in [0.05, 0.1) is 11.4 Å². The molecule has 2 aromatic heterocycles. The number of amides is 2. The van der Waals surface area contributed by atoms with Gasteiger partial charge in [-0.05, 0) is 153 Å². The fourth-order valence-corrected chi connectivity index (χ4v) is 7.51. The van der Waals surface area contributed by atoms with Crippen molar-refractivity contribution in [1.82, 2.24) is 29.9 Å². The molecule has 0 saturated carbocycles. The number of carbonyl (C=O) groups is 2. The number of nitrogens with zero attached hydrogens (tertiary/aromatic N) is 7. The summed E-state index contributed by atoms with van der Waals surface area (Å²) in [5.74, 6) is 0.400. The lowest BCUT2D eigenvalue weighted by molar-refractivity contribution is 0.0594. The first kappa shape index (κ1) is 35.6. The second kappa shape index (κ2) is 14.3. The predicted molar refractivity (Wildman–Crippen MR) is 200 cm³/mol. The third kappa shape index (κ3) is 7.96. The van der Waals surface area contributed by atoms with Crippen LogP contribution in [0, 0.1) is 0 Å². The molecule has 1 atom stereocenters. The van der Waals surface area contributed by atoms with Crippen LogP contribution in [0.15, 0.2) is 48.5 Å². The quantitative estimate of drug-likeness (QED) is 0.206. The summed E-state index contributed by atoms with van der Waals surface area (Å²) in [5, 5.41) is 16.8. The van der Waals surface area contributed by atoms with E-state index >= 15 is 0 Å². The number of fused-ring (bicyclic) bond motifs is 4. The van der Waals surface area contributed by atoms with Crippen molar-refractivity contribution < 1.29 is 19.1 Å². The molecule has 2 aromatic carbocycles. The van der Waals surface area contributed by atoms with Gasteiger partial charge < -0.3 is 14.4 Å². The lowest BCUT2D eigenvalue weighted by Gasteiger charge is -2.26. The van der Waals surface area contributed by atoms with Gasteiger partial charge in [0.2, 0.25) is 5.95 Å². The summed E-state index contributed by atoms with van der Waals surface area (Å²) in [7, 11) is 0. The first-order valence-corrected chi connectivity index (χ1v) is 18.6. The van der Waals surface area contributed by atoms with Crippen LogP contribution in [0.5, 0.6) is 0 Å². The minimum absolute atomic E-state index is 0.0194. The first-order chi connectivity index (χ1) is 24.8. The molecule has 52 heavy (non-hydrogen) atoms. The molecule has 12 nitrogen and oxygen atoms in total. The Bertz CT molecular complexity index is 1950. The minimum atomic E-state index is -0.789. The number of ether oxygens (including phenoxy) is 2. The molecule has 0 radical (unpaired) electrons. The Balaban J connectivity index is 1.29. The number of hydrogen-bond acceptors (Lipinski definition) is 9. The van der Waals surface area contributed by atoms with E-state index in [4.69, 9.17) is 19.6 Å². The van der Waals surface area contributed by atoms with E-state index in [1.165, 1.54) is 52.2 Å². The molecule has 4 aromatic rings. The second-order valence-corrected chi connectivity index (χ2v) is 16.1. The fraction of sp³-hybridized carbons (Fsp3) is 0.500. The van der Waals surface area contributed by atoms with Crippen LogP contribution in [-0.4, -0.2) is 72.4 Å². The summed E-state index contributed by atoms with van der Waals surface area (Å²) in [6, 6.07) is 16.9. The largest absolute Gasteiger partial charge is 0.444 e. The highest BCUT2D eigenvalue weighted by molar-refractivity contribution is 5.95. The van der Waals surface area contributed by atoms with Crippen molar-refractivity contribution in [2.45, 2.75) is 117 Å². The molecule has 2 aliphatic carbocycles. The van der Waals surface area contributed by atoms with Gasteiger partial charge in [0.1, 0.15) is 11.2 Å². The van der Waals surface area contributed by atoms with Crippen molar-refractivity contribution in [1.29, 1.82) is 0 Å². The van der Waals surface area contributed by atoms with E-state index < -0.39 is 23.4 Å². The van der Waals surface area contributed by atoms with E-state index in [-0.39, 0.29) is 11.9 Å². The van der Waals surface area contributed by atoms with Gasteiger partial charge in [0, 0.05) is 11.6 Å². The smallest absolute Gasteiger partial charge is 0.421 e. The highest BCUT2D eigenvalue weighted by Crippen LogP contribution is 2.35. The van der Waals surface area contributed by atoms with E-state index in [0.717, 1.165) is 61.8 Å². The Labute approximate surface area is 305 Å². The zero-order valence-electron chi connectivity index (χ0n) is 31.2. The Kier molecular flexibility index (Phi) is 9.77. The Morgan fingerprint density at radius 1 is 0.788 bits per heavy atom. The second-order valence-electron chi connectivity index (χ2n) is 16.1. The van der Waals surface area contributed by atoms with Crippen molar-refractivity contribution in [3.8, 4) is 17.1 Å². The fourth-order valence-electron chi connectivity index (χ4n) is 7.51. The minimum Gasteiger partial charge on any atom is -0.444 e. The average molecular weight is 707 g/mol. The van der Waals surface area contributed by atoms with Gasteiger partial charge in [-0.25, -0.2) is 14.5 Å². The highest BCUT2D eigenvalue weighted by Gasteiger charge is 2.32. The lowest BCUT2D eigenvalue weighted by atomic mass is 10.0. The van der Waals surface area contributed by atoms with Crippen molar-refractivity contribution in [3.63, 3.8) is 0 Å². The molecule has 274 valence electrons. The van der Waals surface area contributed by atoms with Gasteiger partial charge in [-0.2, -0.15) is 9.67 Å². The number of aryl methyl sites for hydroxylation is 4. The Morgan fingerprint density at radius 2 is 1.50 bits per heavy atom. The van der Waals surface area contributed by atoms with Gasteiger partial charge in [-0.3, -0.25) is 5.32 Å².